The van der Waals surface area contributed by atoms with E-state index in [0.29, 0.717) is 10.6 Å². The number of carbonyl (C=O) groups excluding carboxylic acids is 2. The third-order valence-corrected chi connectivity index (χ3v) is 3.53. The zero-order valence-corrected chi connectivity index (χ0v) is 13.2. The molecule has 6 heteroatoms. The number of nitrogens with one attached hydrogen (secondary N) is 2. The second kappa shape index (κ2) is 7.53. The fraction of sp³-hybridized carbons (Fsp3) is 0.125. The standard InChI is InChI=1S/C16H17N3O2S/c1-19(2)18-15(21)13-10-11-22-16(13)17-14(20)9-8-12-6-4-3-5-7-12/h3-11H,1-2H3,(H,17,20)(H,18,21)/b9-8+. The Labute approximate surface area is 133 Å². The monoisotopic (exact) mass is 315 g/mol. The van der Waals surface area contributed by atoms with Crippen LogP contribution in [0, 0.1) is 0 Å². The molecule has 22 heavy (non-hydrogen) atoms. The molecule has 5 nitrogen and oxygen atoms in total. The lowest BCUT2D eigenvalue weighted by atomic mass is 10.2. The van der Waals surface area contributed by atoms with Gasteiger partial charge in [-0.15, -0.1) is 11.3 Å². The average Bonchev–Trinajstić information content (AvgIpc) is 2.94. The molecule has 0 fully saturated rings. The van der Waals surface area contributed by atoms with Crippen LogP contribution >= 0.6 is 11.3 Å². The molecule has 0 radical (unpaired) electrons. The van der Waals surface area contributed by atoms with Gasteiger partial charge < -0.3 is 5.32 Å². The van der Waals surface area contributed by atoms with Gasteiger partial charge in [-0.1, -0.05) is 30.3 Å². The maximum atomic E-state index is 12.0. The van der Waals surface area contributed by atoms with Crippen molar-refractivity contribution in [1.29, 1.82) is 0 Å². The van der Waals surface area contributed by atoms with Crippen LogP contribution in [-0.2, 0) is 4.79 Å². The van der Waals surface area contributed by atoms with Crippen LogP contribution in [0.3, 0.4) is 0 Å². The molecule has 2 amide bonds. The number of hydrogen-bond acceptors (Lipinski definition) is 4. The van der Waals surface area contributed by atoms with E-state index >= 15 is 0 Å². The van der Waals surface area contributed by atoms with Crippen molar-refractivity contribution in [3.63, 3.8) is 0 Å². The van der Waals surface area contributed by atoms with E-state index in [0.717, 1.165) is 5.56 Å². The lowest BCUT2D eigenvalue weighted by Crippen LogP contribution is -2.36. The van der Waals surface area contributed by atoms with E-state index in [1.165, 1.54) is 17.4 Å². The first kappa shape index (κ1) is 15.9. The van der Waals surface area contributed by atoms with E-state index in [2.05, 4.69) is 10.7 Å². The van der Waals surface area contributed by atoms with E-state index in [-0.39, 0.29) is 11.8 Å². The van der Waals surface area contributed by atoms with Gasteiger partial charge in [0.1, 0.15) is 5.00 Å². The predicted octanol–water partition coefficient (Wildman–Crippen LogP) is 2.61. The largest absolute Gasteiger partial charge is 0.313 e. The van der Waals surface area contributed by atoms with Gasteiger partial charge in [0.15, 0.2) is 0 Å². The third-order valence-electron chi connectivity index (χ3n) is 2.70. The zero-order valence-electron chi connectivity index (χ0n) is 12.4. The van der Waals surface area contributed by atoms with Crippen molar-refractivity contribution in [2.75, 3.05) is 19.4 Å². The molecule has 2 aromatic rings. The van der Waals surface area contributed by atoms with E-state index in [4.69, 9.17) is 0 Å². The van der Waals surface area contributed by atoms with Crippen LogP contribution in [0.4, 0.5) is 5.00 Å². The molecule has 2 rings (SSSR count). The van der Waals surface area contributed by atoms with Crippen LogP contribution in [-0.4, -0.2) is 30.9 Å². The normalized spacial score (nSPS) is 10.9. The Morgan fingerprint density at radius 1 is 1.14 bits per heavy atom. The van der Waals surface area contributed by atoms with E-state index < -0.39 is 0 Å². The van der Waals surface area contributed by atoms with Gasteiger partial charge in [0.2, 0.25) is 5.91 Å². The van der Waals surface area contributed by atoms with Crippen LogP contribution in [0.25, 0.3) is 6.08 Å². The fourth-order valence-electron chi connectivity index (χ4n) is 1.74. The molecule has 0 saturated heterocycles. The molecule has 0 saturated carbocycles. The highest BCUT2D eigenvalue weighted by Crippen LogP contribution is 2.23. The first-order valence-electron chi connectivity index (χ1n) is 6.66. The molecule has 114 valence electrons. The summed E-state index contributed by atoms with van der Waals surface area (Å²) in [5.41, 5.74) is 4.03. The summed E-state index contributed by atoms with van der Waals surface area (Å²) >= 11 is 1.31. The predicted molar refractivity (Wildman–Crippen MR) is 89.6 cm³/mol. The molecule has 0 bridgehead atoms. The lowest BCUT2D eigenvalue weighted by Gasteiger charge is -2.12. The van der Waals surface area contributed by atoms with Gasteiger partial charge in [-0.05, 0) is 23.1 Å². The molecule has 1 aromatic carbocycles. The molecular weight excluding hydrogens is 298 g/mol. The molecule has 0 aliphatic carbocycles. The molecule has 1 heterocycles. The van der Waals surface area contributed by atoms with Crippen LogP contribution in [0.15, 0.2) is 47.9 Å². The van der Waals surface area contributed by atoms with Crippen molar-refractivity contribution in [2.24, 2.45) is 0 Å². The number of anilines is 1. The minimum Gasteiger partial charge on any atom is -0.313 e. The van der Waals surface area contributed by atoms with Gasteiger partial charge in [-0.3, -0.25) is 15.0 Å². The van der Waals surface area contributed by atoms with Crippen LogP contribution in [0.2, 0.25) is 0 Å². The summed E-state index contributed by atoms with van der Waals surface area (Å²) in [6.45, 7) is 0. The molecule has 0 atom stereocenters. The summed E-state index contributed by atoms with van der Waals surface area (Å²) < 4.78 is 0. The number of rotatable bonds is 5. The highest BCUT2D eigenvalue weighted by molar-refractivity contribution is 7.14. The van der Waals surface area contributed by atoms with Crippen LogP contribution in [0.1, 0.15) is 15.9 Å². The van der Waals surface area contributed by atoms with Crippen molar-refractivity contribution in [3.05, 3.63) is 59.0 Å². The molecule has 0 unspecified atom stereocenters. The fourth-order valence-corrected chi connectivity index (χ4v) is 2.53. The van der Waals surface area contributed by atoms with Gasteiger partial charge in [0.25, 0.3) is 5.91 Å². The summed E-state index contributed by atoms with van der Waals surface area (Å²) in [6, 6.07) is 11.2. The number of nitrogens with zero attached hydrogens (tertiary/aromatic N) is 1. The Morgan fingerprint density at radius 2 is 1.86 bits per heavy atom. The van der Waals surface area contributed by atoms with Gasteiger partial charge >= 0.3 is 0 Å². The number of hydrogen-bond donors (Lipinski definition) is 2. The molecular formula is C16H17N3O2S. The second-order valence-corrected chi connectivity index (χ2v) is 5.65. The first-order chi connectivity index (χ1) is 10.6. The van der Waals surface area contributed by atoms with Crippen molar-refractivity contribution < 1.29 is 9.59 Å². The number of hydrazine groups is 1. The average molecular weight is 315 g/mol. The highest BCUT2D eigenvalue weighted by atomic mass is 32.1. The van der Waals surface area contributed by atoms with Crippen molar-refractivity contribution in [3.8, 4) is 0 Å². The zero-order chi connectivity index (χ0) is 15.9. The van der Waals surface area contributed by atoms with Gasteiger partial charge in [0, 0.05) is 20.2 Å². The third kappa shape index (κ3) is 4.54. The smallest absolute Gasteiger partial charge is 0.268 e. The van der Waals surface area contributed by atoms with Crippen molar-refractivity contribution in [2.45, 2.75) is 0 Å². The Kier molecular flexibility index (Phi) is 5.46. The number of benzene rings is 1. The van der Waals surface area contributed by atoms with Crippen LogP contribution < -0.4 is 10.7 Å². The van der Waals surface area contributed by atoms with Crippen LogP contribution in [0.5, 0.6) is 0 Å². The Bertz CT molecular complexity index is 678. The van der Waals surface area contributed by atoms with E-state index in [1.807, 2.05) is 30.3 Å². The second-order valence-electron chi connectivity index (χ2n) is 4.73. The van der Waals surface area contributed by atoms with Gasteiger partial charge in [0.05, 0.1) is 5.56 Å². The minimum absolute atomic E-state index is 0.256. The van der Waals surface area contributed by atoms with Gasteiger partial charge in [-0.2, -0.15) is 0 Å². The number of amides is 2. The summed E-state index contributed by atoms with van der Waals surface area (Å²) in [4.78, 5) is 23.9. The van der Waals surface area contributed by atoms with Crippen molar-refractivity contribution >= 4 is 34.2 Å². The number of thiophene rings is 1. The van der Waals surface area contributed by atoms with Crippen molar-refractivity contribution in [1.82, 2.24) is 10.4 Å². The topological polar surface area (TPSA) is 61.4 Å². The summed E-state index contributed by atoms with van der Waals surface area (Å²) in [5.74, 6) is -0.529. The maximum Gasteiger partial charge on any atom is 0.268 e. The quantitative estimate of drug-likeness (QED) is 0.658. The summed E-state index contributed by atoms with van der Waals surface area (Å²) in [5, 5.41) is 6.58. The molecule has 0 spiro atoms. The molecule has 0 aliphatic heterocycles. The highest BCUT2D eigenvalue weighted by Gasteiger charge is 2.14. The van der Waals surface area contributed by atoms with E-state index in [1.54, 1.807) is 36.6 Å². The summed E-state index contributed by atoms with van der Waals surface area (Å²) in [7, 11) is 3.45. The van der Waals surface area contributed by atoms with E-state index in [9.17, 15) is 9.59 Å². The number of carbonyl (C=O) groups is 2. The maximum absolute atomic E-state index is 12.0. The molecule has 2 N–H and O–H groups in total. The van der Waals surface area contributed by atoms with Gasteiger partial charge in [-0.25, -0.2) is 5.01 Å². The SMILES string of the molecule is CN(C)NC(=O)c1ccsc1NC(=O)/C=C/c1ccccc1. The lowest BCUT2D eigenvalue weighted by molar-refractivity contribution is -0.111. The molecule has 1 aromatic heterocycles. The Morgan fingerprint density at radius 3 is 2.55 bits per heavy atom. The Hall–Kier alpha value is -2.44. The Balaban J connectivity index is 2.02. The molecule has 0 aliphatic rings. The minimum atomic E-state index is -0.273. The summed E-state index contributed by atoms with van der Waals surface area (Å²) in [6.07, 6.45) is 3.17. The first-order valence-corrected chi connectivity index (χ1v) is 7.54.